The second-order valence-electron chi connectivity index (χ2n) is 7.69. The van der Waals surface area contributed by atoms with Crippen LogP contribution in [0.5, 0.6) is 0 Å². The topological polar surface area (TPSA) is 52.6 Å². The molecule has 0 saturated heterocycles. The van der Waals surface area contributed by atoms with Crippen LogP contribution in [0, 0.1) is 20.8 Å². The third-order valence-electron chi connectivity index (χ3n) is 5.06. The molecule has 3 aromatic carbocycles. The van der Waals surface area contributed by atoms with Gasteiger partial charge >= 0.3 is 5.97 Å². The van der Waals surface area contributed by atoms with Gasteiger partial charge in [-0.2, -0.15) is 0 Å². The predicted octanol–water partition coefficient (Wildman–Crippen LogP) is 6.47. The first-order valence-electron chi connectivity index (χ1n) is 9.93. The van der Waals surface area contributed by atoms with Crippen molar-refractivity contribution in [3.63, 3.8) is 0 Å². The molecule has 0 atom stereocenters. The minimum atomic E-state index is -0.930. The lowest BCUT2D eigenvalue weighted by molar-refractivity contribution is 0.0697. The summed E-state index contributed by atoms with van der Waals surface area (Å²) in [5.41, 5.74) is 6.93. The van der Waals surface area contributed by atoms with Crippen LogP contribution >= 0.6 is 28.1 Å². The van der Waals surface area contributed by atoms with Gasteiger partial charge in [-0.25, -0.2) is 4.79 Å². The van der Waals surface area contributed by atoms with Crippen LogP contribution in [0.4, 0.5) is 5.69 Å². The summed E-state index contributed by atoms with van der Waals surface area (Å²) >= 11 is 9.29. The molecule has 0 bridgehead atoms. The zero-order chi connectivity index (χ0) is 22.5. The van der Waals surface area contributed by atoms with E-state index in [1.54, 1.807) is 12.1 Å². The zero-order valence-electron chi connectivity index (χ0n) is 17.8. The summed E-state index contributed by atoms with van der Waals surface area (Å²) in [4.78, 5) is 13.2. The highest BCUT2D eigenvalue weighted by molar-refractivity contribution is 9.10. The molecule has 0 aliphatic rings. The van der Waals surface area contributed by atoms with Crippen LogP contribution in [0.1, 0.15) is 38.2 Å². The molecule has 3 aromatic rings. The van der Waals surface area contributed by atoms with Crippen molar-refractivity contribution in [2.24, 2.45) is 0 Å². The molecule has 2 N–H and O–H groups in total. The highest BCUT2D eigenvalue weighted by atomic mass is 79.9. The van der Waals surface area contributed by atoms with E-state index in [0.717, 1.165) is 32.4 Å². The summed E-state index contributed by atoms with van der Waals surface area (Å²) in [6.45, 7) is 7.43. The minimum absolute atomic E-state index is 0.273. The number of carboxylic acids is 1. The van der Waals surface area contributed by atoms with E-state index < -0.39 is 5.97 Å². The molecular weight excluding hydrogens is 472 g/mol. The number of nitrogens with zero attached hydrogens (tertiary/aromatic N) is 1. The standard InChI is InChI=1S/C25H25BrN2O2S/c1-16-12-17(2)23(18(3)13-16)27-25(31)28(15-20-6-10-22(26)11-7-20)14-19-4-8-21(9-5-19)24(29)30/h4-13H,14-15H2,1-3H3,(H,27,31)(H,29,30). The van der Waals surface area contributed by atoms with E-state index >= 15 is 0 Å². The van der Waals surface area contributed by atoms with Crippen LogP contribution in [-0.4, -0.2) is 21.1 Å². The lowest BCUT2D eigenvalue weighted by atomic mass is 10.1. The number of halogens is 1. The molecule has 4 nitrogen and oxygen atoms in total. The fourth-order valence-corrected chi connectivity index (χ4v) is 4.04. The molecule has 6 heteroatoms. The van der Waals surface area contributed by atoms with Gasteiger partial charge in [0.25, 0.3) is 0 Å². The number of rotatable bonds is 6. The molecule has 0 saturated carbocycles. The van der Waals surface area contributed by atoms with Gasteiger partial charge in [0, 0.05) is 23.2 Å². The number of benzene rings is 3. The van der Waals surface area contributed by atoms with E-state index in [1.165, 1.54) is 5.56 Å². The second-order valence-corrected chi connectivity index (χ2v) is 8.99. The van der Waals surface area contributed by atoms with Gasteiger partial charge in [0.1, 0.15) is 0 Å². The summed E-state index contributed by atoms with van der Waals surface area (Å²) in [7, 11) is 0. The number of anilines is 1. The number of thiocarbonyl (C=S) groups is 1. The van der Waals surface area contributed by atoms with Crippen LogP contribution in [-0.2, 0) is 13.1 Å². The van der Waals surface area contributed by atoms with E-state index in [1.807, 2.05) is 24.3 Å². The summed E-state index contributed by atoms with van der Waals surface area (Å²) in [5, 5.41) is 13.2. The van der Waals surface area contributed by atoms with Crippen molar-refractivity contribution in [3.05, 3.63) is 98.5 Å². The molecule has 0 spiro atoms. The van der Waals surface area contributed by atoms with Crippen molar-refractivity contribution < 1.29 is 9.90 Å². The van der Waals surface area contributed by atoms with Crippen LogP contribution in [0.15, 0.2) is 65.1 Å². The Morgan fingerprint density at radius 3 is 1.90 bits per heavy atom. The Hall–Kier alpha value is -2.70. The van der Waals surface area contributed by atoms with Gasteiger partial charge in [0.05, 0.1) is 5.56 Å². The third kappa shape index (κ3) is 6.15. The first-order chi connectivity index (χ1) is 14.7. The summed E-state index contributed by atoms with van der Waals surface area (Å²) < 4.78 is 1.03. The fourth-order valence-electron chi connectivity index (χ4n) is 3.55. The third-order valence-corrected chi connectivity index (χ3v) is 5.95. The van der Waals surface area contributed by atoms with Crippen molar-refractivity contribution in [1.29, 1.82) is 0 Å². The monoisotopic (exact) mass is 496 g/mol. The van der Waals surface area contributed by atoms with Crippen molar-refractivity contribution >= 4 is 44.9 Å². The number of hydrogen-bond donors (Lipinski definition) is 2. The zero-order valence-corrected chi connectivity index (χ0v) is 20.2. The van der Waals surface area contributed by atoms with E-state index in [4.69, 9.17) is 17.3 Å². The fraction of sp³-hybridized carbons (Fsp3) is 0.200. The van der Waals surface area contributed by atoms with Gasteiger partial charge in [0.2, 0.25) is 0 Å². The van der Waals surface area contributed by atoms with Crippen molar-refractivity contribution in [2.75, 3.05) is 5.32 Å². The van der Waals surface area contributed by atoms with Gasteiger partial charge in [-0.1, -0.05) is 57.9 Å². The van der Waals surface area contributed by atoms with Crippen LogP contribution in [0.25, 0.3) is 0 Å². The van der Waals surface area contributed by atoms with Gasteiger partial charge in [-0.05, 0) is 79.5 Å². The molecule has 0 heterocycles. The number of nitrogens with one attached hydrogen (secondary N) is 1. The second kappa shape index (κ2) is 10.1. The molecule has 0 aromatic heterocycles. The minimum Gasteiger partial charge on any atom is -0.478 e. The number of carbonyl (C=O) groups is 1. The summed E-state index contributed by atoms with van der Waals surface area (Å²) in [5.74, 6) is -0.930. The molecule has 0 fully saturated rings. The van der Waals surface area contributed by atoms with Crippen LogP contribution < -0.4 is 5.32 Å². The lowest BCUT2D eigenvalue weighted by Gasteiger charge is -2.27. The highest BCUT2D eigenvalue weighted by Crippen LogP contribution is 2.23. The van der Waals surface area contributed by atoms with Gasteiger partial charge in [-0.15, -0.1) is 0 Å². The first-order valence-corrected chi connectivity index (χ1v) is 11.1. The average Bonchev–Trinajstić information content (AvgIpc) is 2.72. The predicted molar refractivity (Wildman–Crippen MR) is 134 cm³/mol. The maximum absolute atomic E-state index is 11.2. The largest absolute Gasteiger partial charge is 0.478 e. The number of aromatic carboxylic acids is 1. The maximum Gasteiger partial charge on any atom is 0.335 e. The molecular formula is C25H25BrN2O2S. The molecule has 3 rings (SSSR count). The SMILES string of the molecule is Cc1cc(C)c(NC(=S)N(Cc2ccc(Br)cc2)Cc2ccc(C(=O)O)cc2)c(C)c1. The smallest absolute Gasteiger partial charge is 0.335 e. The Morgan fingerprint density at radius 1 is 0.935 bits per heavy atom. The van der Waals surface area contributed by atoms with Crippen LogP contribution in [0.3, 0.4) is 0 Å². The Morgan fingerprint density at radius 2 is 1.42 bits per heavy atom. The molecule has 160 valence electrons. The molecule has 31 heavy (non-hydrogen) atoms. The average molecular weight is 497 g/mol. The summed E-state index contributed by atoms with van der Waals surface area (Å²) in [6, 6.07) is 19.4. The molecule has 0 radical (unpaired) electrons. The van der Waals surface area contributed by atoms with E-state index in [-0.39, 0.29) is 5.56 Å². The number of aryl methyl sites for hydroxylation is 3. The highest BCUT2D eigenvalue weighted by Gasteiger charge is 2.15. The molecule has 0 aliphatic carbocycles. The number of carboxylic acid groups (broad SMARTS) is 1. The summed E-state index contributed by atoms with van der Waals surface area (Å²) in [6.07, 6.45) is 0. The van der Waals surface area contributed by atoms with Gasteiger partial charge in [-0.3, -0.25) is 0 Å². The first kappa shape index (κ1) is 23.0. The maximum atomic E-state index is 11.2. The van der Waals surface area contributed by atoms with Crippen molar-refractivity contribution in [3.8, 4) is 0 Å². The Labute approximate surface area is 197 Å². The lowest BCUT2D eigenvalue weighted by Crippen LogP contribution is -2.34. The Bertz CT molecular complexity index is 1070. The van der Waals surface area contributed by atoms with E-state index in [0.29, 0.717) is 18.2 Å². The van der Waals surface area contributed by atoms with E-state index in [2.05, 4.69) is 71.2 Å². The van der Waals surface area contributed by atoms with Gasteiger partial charge < -0.3 is 15.3 Å². The van der Waals surface area contributed by atoms with E-state index in [9.17, 15) is 4.79 Å². The van der Waals surface area contributed by atoms with Crippen molar-refractivity contribution in [2.45, 2.75) is 33.9 Å². The van der Waals surface area contributed by atoms with Gasteiger partial charge in [0.15, 0.2) is 5.11 Å². The van der Waals surface area contributed by atoms with Crippen LogP contribution in [0.2, 0.25) is 0 Å². The van der Waals surface area contributed by atoms with Crippen molar-refractivity contribution in [1.82, 2.24) is 4.90 Å². The number of hydrogen-bond acceptors (Lipinski definition) is 2. The molecule has 0 amide bonds. The normalized spacial score (nSPS) is 10.6. The molecule has 0 aliphatic heterocycles. The molecule has 0 unspecified atom stereocenters. The Kier molecular flexibility index (Phi) is 7.46. The Balaban J connectivity index is 1.86. The quantitative estimate of drug-likeness (QED) is 0.382.